The van der Waals surface area contributed by atoms with Gasteiger partial charge in [-0.15, -0.1) is 0 Å². The van der Waals surface area contributed by atoms with Crippen molar-refractivity contribution in [3.05, 3.63) is 58.6 Å². The van der Waals surface area contributed by atoms with Gasteiger partial charge in [-0.1, -0.05) is 30.3 Å². The molecular weight excluding hydrogens is 352 g/mol. The lowest BCUT2D eigenvalue weighted by atomic mass is 10.2. The van der Waals surface area contributed by atoms with Crippen LogP contribution in [-0.4, -0.2) is 26.3 Å². The second-order valence-corrected chi connectivity index (χ2v) is 7.62. The lowest BCUT2D eigenvalue weighted by Crippen LogP contribution is -2.29. The molecule has 0 radical (unpaired) electrons. The van der Waals surface area contributed by atoms with Crippen molar-refractivity contribution in [2.75, 3.05) is 19.3 Å². The molecule has 2 N–H and O–H groups in total. The second kappa shape index (κ2) is 6.60. The van der Waals surface area contributed by atoms with E-state index in [9.17, 15) is 8.42 Å². The van der Waals surface area contributed by atoms with Gasteiger partial charge in [0.05, 0.1) is 4.90 Å². The number of rotatable bonds is 5. The van der Waals surface area contributed by atoms with Crippen LogP contribution in [0.2, 0.25) is 0 Å². The number of hydrogen-bond donors (Lipinski definition) is 1. The number of hydrogen-bond acceptors (Lipinski definition) is 3. The van der Waals surface area contributed by atoms with Crippen LogP contribution in [-0.2, 0) is 16.4 Å². The SMILES string of the molecule is CN(CCc1ccccc1)S(=O)(=O)c1cc(N)ccc1Br. The summed E-state index contributed by atoms with van der Waals surface area (Å²) < 4.78 is 27.0. The van der Waals surface area contributed by atoms with Crippen molar-refractivity contribution >= 4 is 31.6 Å². The second-order valence-electron chi connectivity index (χ2n) is 4.75. The van der Waals surface area contributed by atoms with Crippen molar-refractivity contribution in [3.63, 3.8) is 0 Å². The molecule has 0 saturated heterocycles. The molecule has 0 unspecified atom stereocenters. The minimum atomic E-state index is -3.56. The van der Waals surface area contributed by atoms with Crippen LogP contribution in [0.3, 0.4) is 0 Å². The van der Waals surface area contributed by atoms with Gasteiger partial charge >= 0.3 is 0 Å². The Morgan fingerprint density at radius 1 is 1.14 bits per heavy atom. The Morgan fingerprint density at radius 3 is 2.48 bits per heavy atom. The molecule has 4 nitrogen and oxygen atoms in total. The third kappa shape index (κ3) is 3.84. The minimum Gasteiger partial charge on any atom is -0.399 e. The summed E-state index contributed by atoms with van der Waals surface area (Å²) in [6.07, 6.45) is 0.663. The van der Waals surface area contributed by atoms with Crippen LogP contribution >= 0.6 is 15.9 Å². The first-order valence-corrected chi connectivity index (χ1v) is 8.70. The first-order valence-electron chi connectivity index (χ1n) is 6.46. The van der Waals surface area contributed by atoms with Crippen LogP contribution in [0.25, 0.3) is 0 Å². The number of nitrogens with two attached hydrogens (primary N) is 1. The number of likely N-dealkylation sites (N-methyl/N-ethyl adjacent to an activating group) is 1. The highest BCUT2D eigenvalue weighted by Crippen LogP contribution is 2.26. The summed E-state index contributed by atoms with van der Waals surface area (Å²) in [7, 11) is -1.98. The Hall–Kier alpha value is -1.37. The van der Waals surface area contributed by atoms with Gasteiger partial charge in [0.2, 0.25) is 10.0 Å². The quantitative estimate of drug-likeness (QED) is 0.825. The molecule has 0 heterocycles. The molecule has 0 saturated carbocycles. The molecule has 0 spiro atoms. The van der Waals surface area contributed by atoms with Crippen LogP contribution in [0.5, 0.6) is 0 Å². The summed E-state index contributed by atoms with van der Waals surface area (Å²) in [4.78, 5) is 0.193. The summed E-state index contributed by atoms with van der Waals surface area (Å²) in [5.41, 5.74) is 7.21. The molecule has 21 heavy (non-hydrogen) atoms. The standard InChI is InChI=1S/C15H17BrN2O2S/c1-18(10-9-12-5-3-2-4-6-12)21(19,20)15-11-13(17)7-8-14(15)16/h2-8,11H,9-10,17H2,1H3. The van der Waals surface area contributed by atoms with E-state index in [0.29, 0.717) is 23.1 Å². The molecule has 0 aliphatic rings. The number of anilines is 1. The molecule has 0 atom stereocenters. The third-order valence-electron chi connectivity index (χ3n) is 3.20. The fourth-order valence-corrected chi connectivity index (χ4v) is 4.06. The first-order chi connectivity index (χ1) is 9.91. The summed E-state index contributed by atoms with van der Waals surface area (Å²) in [5, 5.41) is 0. The lowest BCUT2D eigenvalue weighted by Gasteiger charge is -2.18. The molecule has 2 aromatic carbocycles. The molecule has 0 bridgehead atoms. The summed E-state index contributed by atoms with van der Waals surface area (Å²) in [6.45, 7) is 0.410. The van der Waals surface area contributed by atoms with E-state index in [4.69, 9.17) is 5.73 Å². The number of sulfonamides is 1. The third-order valence-corrected chi connectivity index (χ3v) is 6.05. The number of nitrogens with zero attached hydrogens (tertiary/aromatic N) is 1. The topological polar surface area (TPSA) is 63.4 Å². The van der Waals surface area contributed by atoms with Gasteiger partial charge in [0.15, 0.2) is 0 Å². The molecule has 0 aromatic heterocycles. The molecule has 0 aliphatic carbocycles. The number of halogens is 1. The summed E-state index contributed by atoms with van der Waals surface area (Å²) in [6, 6.07) is 14.6. The van der Waals surface area contributed by atoms with E-state index in [0.717, 1.165) is 5.56 Å². The Kier molecular flexibility index (Phi) is 5.03. The van der Waals surface area contributed by atoms with Crippen LogP contribution in [0.4, 0.5) is 5.69 Å². The van der Waals surface area contributed by atoms with Gasteiger partial charge in [0.25, 0.3) is 0 Å². The molecule has 2 aromatic rings. The van der Waals surface area contributed by atoms with Crippen molar-refractivity contribution in [1.29, 1.82) is 0 Å². The maximum absolute atomic E-state index is 12.6. The van der Waals surface area contributed by atoms with E-state index in [2.05, 4.69) is 15.9 Å². The van der Waals surface area contributed by atoms with Gasteiger partial charge in [-0.25, -0.2) is 12.7 Å². The Morgan fingerprint density at radius 2 is 1.81 bits per heavy atom. The normalized spacial score (nSPS) is 11.8. The average Bonchev–Trinajstić information content (AvgIpc) is 2.48. The summed E-state index contributed by atoms with van der Waals surface area (Å²) in [5.74, 6) is 0. The van der Waals surface area contributed by atoms with Gasteiger partial charge in [0.1, 0.15) is 0 Å². The highest BCUT2D eigenvalue weighted by atomic mass is 79.9. The monoisotopic (exact) mass is 368 g/mol. The van der Waals surface area contributed by atoms with Gasteiger partial charge < -0.3 is 5.73 Å². The van der Waals surface area contributed by atoms with Crippen molar-refractivity contribution in [1.82, 2.24) is 4.31 Å². The van der Waals surface area contributed by atoms with E-state index < -0.39 is 10.0 Å². The van der Waals surface area contributed by atoms with E-state index in [1.807, 2.05) is 30.3 Å². The largest absolute Gasteiger partial charge is 0.399 e. The highest BCUT2D eigenvalue weighted by Gasteiger charge is 2.23. The van der Waals surface area contributed by atoms with E-state index in [1.165, 1.54) is 10.4 Å². The summed E-state index contributed by atoms with van der Waals surface area (Å²) >= 11 is 3.27. The van der Waals surface area contributed by atoms with E-state index >= 15 is 0 Å². The van der Waals surface area contributed by atoms with Crippen molar-refractivity contribution in [2.24, 2.45) is 0 Å². The molecule has 112 valence electrons. The fourth-order valence-electron chi connectivity index (χ4n) is 1.94. The van der Waals surface area contributed by atoms with Crippen LogP contribution in [0.1, 0.15) is 5.56 Å². The fraction of sp³-hybridized carbons (Fsp3) is 0.200. The van der Waals surface area contributed by atoms with Crippen molar-refractivity contribution in [2.45, 2.75) is 11.3 Å². The van der Waals surface area contributed by atoms with Crippen molar-refractivity contribution < 1.29 is 8.42 Å². The van der Waals surface area contributed by atoms with Crippen LogP contribution in [0, 0.1) is 0 Å². The molecular formula is C15H17BrN2O2S. The van der Waals surface area contributed by atoms with Gasteiger partial charge in [0, 0.05) is 23.8 Å². The average molecular weight is 369 g/mol. The molecule has 0 amide bonds. The van der Waals surface area contributed by atoms with E-state index in [-0.39, 0.29) is 4.90 Å². The van der Waals surface area contributed by atoms with Gasteiger partial charge in [-0.3, -0.25) is 0 Å². The first kappa shape index (κ1) is 16.0. The zero-order valence-corrected chi connectivity index (χ0v) is 14.1. The van der Waals surface area contributed by atoms with Crippen LogP contribution in [0.15, 0.2) is 57.9 Å². The predicted octanol–water partition coefficient (Wildman–Crippen LogP) is 2.89. The van der Waals surface area contributed by atoms with E-state index in [1.54, 1.807) is 19.2 Å². The van der Waals surface area contributed by atoms with Crippen molar-refractivity contribution in [3.8, 4) is 0 Å². The molecule has 0 aliphatic heterocycles. The Labute approximate surface area is 133 Å². The maximum Gasteiger partial charge on any atom is 0.244 e. The van der Waals surface area contributed by atoms with Gasteiger partial charge in [-0.2, -0.15) is 0 Å². The molecule has 6 heteroatoms. The molecule has 0 fully saturated rings. The zero-order valence-electron chi connectivity index (χ0n) is 11.7. The molecule has 2 rings (SSSR count). The van der Waals surface area contributed by atoms with Crippen LogP contribution < -0.4 is 5.73 Å². The lowest BCUT2D eigenvalue weighted by molar-refractivity contribution is 0.472. The van der Waals surface area contributed by atoms with Gasteiger partial charge in [-0.05, 0) is 46.1 Å². The number of nitrogen functional groups attached to an aromatic ring is 1. The Balaban J connectivity index is 2.17. The zero-order chi connectivity index (χ0) is 15.5. The maximum atomic E-state index is 12.6. The highest BCUT2D eigenvalue weighted by molar-refractivity contribution is 9.10. The predicted molar refractivity (Wildman–Crippen MR) is 88.5 cm³/mol. The smallest absolute Gasteiger partial charge is 0.244 e. The number of benzene rings is 2. The Bertz CT molecular complexity index is 718. The minimum absolute atomic E-state index is 0.193.